The molecule has 0 radical (unpaired) electrons. The Kier molecular flexibility index (Phi) is 5.30. The summed E-state index contributed by atoms with van der Waals surface area (Å²) in [5.74, 6) is 2.48. The molecule has 5 nitrogen and oxygen atoms in total. The van der Waals surface area contributed by atoms with Crippen LogP contribution in [0, 0.1) is 20.8 Å². The van der Waals surface area contributed by atoms with E-state index in [9.17, 15) is 0 Å². The molecule has 6 rings (SSSR count). The van der Waals surface area contributed by atoms with E-state index in [0.29, 0.717) is 0 Å². The van der Waals surface area contributed by atoms with E-state index in [1.54, 1.807) is 0 Å². The summed E-state index contributed by atoms with van der Waals surface area (Å²) in [7, 11) is 0. The molecule has 35 heavy (non-hydrogen) atoms. The first-order valence-electron chi connectivity index (χ1n) is 11.4. The van der Waals surface area contributed by atoms with E-state index in [2.05, 4.69) is 91.0 Å². The van der Waals surface area contributed by atoms with E-state index in [1.807, 2.05) is 48.9 Å². The Labute approximate surface area is 214 Å². The molecule has 0 N–H and O–H groups in total. The van der Waals surface area contributed by atoms with Gasteiger partial charge >= 0.3 is 215 Å². The molecule has 175 valence electrons. The first-order valence-corrected chi connectivity index (χ1v) is 12.6. The molecule has 6 aromatic rings. The van der Waals surface area contributed by atoms with Crippen molar-refractivity contribution >= 4 is 25.8 Å². The predicted octanol–water partition coefficient (Wildman–Crippen LogP) is 6.25. The summed E-state index contributed by atoms with van der Waals surface area (Å²) in [5, 5.41) is 6.99. The summed E-state index contributed by atoms with van der Waals surface area (Å²) >= 11 is 2.38. The van der Waals surface area contributed by atoms with Crippen molar-refractivity contribution in [2.45, 2.75) is 20.8 Å². The monoisotopic (exact) mass is 638 g/mol. The van der Waals surface area contributed by atoms with E-state index in [4.69, 9.17) is 9.72 Å². The van der Waals surface area contributed by atoms with Gasteiger partial charge in [-0.05, 0) is 0 Å². The van der Waals surface area contributed by atoms with Crippen LogP contribution in [0.25, 0.3) is 33.3 Å². The van der Waals surface area contributed by atoms with E-state index in [1.165, 1.54) is 10.8 Å². The number of benzene rings is 3. The van der Waals surface area contributed by atoms with Gasteiger partial charge in [0.05, 0.1) is 0 Å². The van der Waals surface area contributed by atoms with Crippen LogP contribution < -0.4 is 8.69 Å². The van der Waals surface area contributed by atoms with Gasteiger partial charge in [-0.1, -0.05) is 0 Å². The minimum absolute atomic E-state index is 0.768. The fourth-order valence-corrected chi connectivity index (χ4v) is 5.51. The van der Waals surface area contributed by atoms with Gasteiger partial charge < -0.3 is 0 Å². The van der Waals surface area contributed by atoms with Crippen molar-refractivity contribution in [3.8, 4) is 23.0 Å². The van der Waals surface area contributed by atoms with E-state index < -0.39 is 0 Å². The second-order valence-electron chi connectivity index (χ2n) is 8.67. The second-order valence-corrected chi connectivity index (χ2v) is 9.81. The van der Waals surface area contributed by atoms with Gasteiger partial charge in [0.2, 0.25) is 0 Å². The molecule has 0 atom stereocenters. The third-order valence-electron chi connectivity index (χ3n) is 6.11. The van der Waals surface area contributed by atoms with Crippen molar-refractivity contribution in [3.63, 3.8) is 0 Å². The Morgan fingerprint density at radius 2 is 1.60 bits per heavy atom. The molecule has 0 aliphatic heterocycles. The van der Waals surface area contributed by atoms with E-state index >= 15 is 0 Å². The van der Waals surface area contributed by atoms with Crippen LogP contribution >= 0.6 is 0 Å². The molecule has 0 amide bonds. The third kappa shape index (κ3) is 3.77. The van der Waals surface area contributed by atoms with Gasteiger partial charge in [-0.2, -0.15) is 0 Å². The molecule has 0 spiro atoms. The van der Waals surface area contributed by atoms with Gasteiger partial charge in [0.1, 0.15) is 0 Å². The first kappa shape index (κ1) is 21.8. The van der Waals surface area contributed by atoms with Gasteiger partial charge in [-0.3, -0.25) is 0 Å². The Morgan fingerprint density at radius 1 is 0.771 bits per heavy atom. The number of hydrogen-bond acceptors (Lipinski definition) is 3. The zero-order valence-corrected chi connectivity index (χ0v) is 21.9. The molecular formula is C29H23N4OPt. The fourth-order valence-electron chi connectivity index (χ4n) is 4.64. The number of hydrogen-bond donors (Lipinski definition) is 0. The number of pyridine rings is 1. The molecular weight excluding hydrogens is 615 g/mol. The maximum absolute atomic E-state index is 6.45. The predicted molar refractivity (Wildman–Crippen MR) is 136 cm³/mol. The van der Waals surface area contributed by atoms with Crippen molar-refractivity contribution in [1.82, 2.24) is 19.3 Å². The molecule has 6 heteroatoms. The molecule has 0 bridgehead atoms. The van der Waals surface area contributed by atoms with Crippen molar-refractivity contribution in [3.05, 3.63) is 102 Å². The molecule has 0 aliphatic carbocycles. The summed E-state index contributed by atoms with van der Waals surface area (Å²) in [4.78, 5) is 4.84. The number of fused-ring (bicyclic) bond motifs is 3. The summed E-state index contributed by atoms with van der Waals surface area (Å²) in [5.41, 5.74) is 6.26. The SMILES string of the molecule is Cc1cccc(-n2c3ccccc3c3ccc(Oc4cccc(-n5nc(C)cc5C)c4)[c]([Pt])c32)n1. The average Bonchev–Trinajstić information content (AvgIpc) is 3.38. The standard InChI is InChI=1S/C29H23N4O.Pt/c1-19-8-6-13-29(30-19)32-27-12-5-4-11-25(27)26-15-14-24(18-28(26)32)34-23-10-7-9-22(17-23)33-21(3)16-20(2)31-33;/h4-17H,1-3H3;. The number of nitrogens with zero attached hydrogens (tertiary/aromatic N) is 4. The fraction of sp³-hybridized carbons (Fsp3) is 0.103. The molecule has 0 unspecified atom stereocenters. The zero-order chi connectivity index (χ0) is 24.1. The second kappa shape index (κ2) is 8.51. The van der Waals surface area contributed by atoms with Crippen LogP contribution in [0.5, 0.6) is 11.5 Å². The Morgan fingerprint density at radius 3 is 2.40 bits per heavy atom. The number of aromatic nitrogens is 4. The minimum atomic E-state index is 0.768. The van der Waals surface area contributed by atoms with E-state index in [-0.39, 0.29) is 0 Å². The van der Waals surface area contributed by atoms with Gasteiger partial charge in [0, 0.05) is 0 Å². The maximum atomic E-state index is 6.45. The summed E-state index contributed by atoms with van der Waals surface area (Å²) in [6.45, 7) is 6.08. The van der Waals surface area contributed by atoms with Crippen LogP contribution in [0.1, 0.15) is 17.1 Å². The summed E-state index contributed by atoms with van der Waals surface area (Å²) in [6, 6.07) is 28.9. The number of aryl methyl sites for hydroxylation is 3. The molecule has 3 heterocycles. The first-order chi connectivity index (χ1) is 17.0. The van der Waals surface area contributed by atoms with Gasteiger partial charge in [-0.15, -0.1) is 0 Å². The molecule has 3 aromatic carbocycles. The summed E-state index contributed by atoms with van der Waals surface area (Å²) in [6.07, 6.45) is 0. The van der Waals surface area contributed by atoms with Gasteiger partial charge in [0.25, 0.3) is 0 Å². The molecule has 3 aromatic heterocycles. The van der Waals surface area contributed by atoms with Crippen molar-refractivity contribution in [2.24, 2.45) is 0 Å². The number of ether oxygens (including phenoxy) is 1. The van der Waals surface area contributed by atoms with E-state index in [0.717, 1.165) is 55.1 Å². The number of para-hydroxylation sites is 1. The molecule has 0 saturated carbocycles. The Balaban J connectivity index is 1.51. The van der Waals surface area contributed by atoms with Crippen LogP contribution in [-0.2, 0) is 19.8 Å². The third-order valence-corrected chi connectivity index (χ3v) is 7.21. The normalized spacial score (nSPS) is 11.5. The van der Waals surface area contributed by atoms with Crippen LogP contribution in [0.3, 0.4) is 0 Å². The molecule has 0 aliphatic rings. The van der Waals surface area contributed by atoms with Crippen molar-refractivity contribution in [2.75, 3.05) is 0 Å². The zero-order valence-electron chi connectivity index (χ0n) is 19.6. The summed E-state index contributed by atoms with van der Waals surface area (Å²) < 4.78 is 11.7. The Hall–Kier alpha value is -3.69. The van der Waals surface area contributed by atoms with Crippen molar-refractivity contribution < 1.29 is 24.6 Å². The van der Waals surface area contributed by atoms with Crippen LogP contribution in [0.2, 0.25) is 0 Å². The van der Waals surface area contributed by atoms with Crippen molar-refractivity contribution in [1.29, 1.82) is 0 Å². The van der Waals surface area contributed by atoms with Crippen LogP contribution in [0.15, 0.2) is 84.9 Å². The van der Waals surface area contributed by atoms with Gasteiger partial charge in [-0.25, -0.2) is 0 Å². The number of rotatable bonds is 4. The average molecular weight is 639 g/mol. The topological polar surface area (TPSA) is 44.9 Å². The molecule has 0 saturated heterocycles. The Bertz CT molecular complexity index is 1730. The van der Waals surface area contributed by atoms with Crippen LogP contribution in [-0.4, -0.2) is 19.3 Å². The quantitative estimate of drug-likeness (QED) is 0.229. The van der Waals surface area contributed by atoms with Gasteiger partial charge in [0.15, 0.2) is 0 Å². The molecule has 0 fully saturated rings. The van der Waals surface area contributed by atoms with Crippen LogP contribution in [0.4, 0.5) is 0 Å².